The van der Waals surface area contributed by atoms with Crippen LogP contribution in [0.25, 0.3) is 0 Å². The number of halogens is 4. The highest BCUT2D eigenvalue weighted by Crippen LogP contribution is 2.38. The van der Waals surface area contributed by atoms with Gasteiger partial charge in [0.25, 0.3) is 0 Å². The van der Waals surface area contributed by atoms with Crippen LogP contribution in [0.2, 0.25) is 5.02 Å². The van der Waals surface area contributed by atoms with Gasteiger partial charge in [0.1, 0.15) is 18.2 Å². The molecule has 0 unspecified atom stereocenters. The van der Waals surface area contributed by atoms with Gasteiger partial charge in [-0.3, -0.25) is 0 Å². The number of thiazole rings is 1. The van der Waals surface area contributed by atoms with Crippen molar-refractivity contribution in [3.05, 3.63) is 38.8 Å². The van der Waals surface area contributed by atoms with E-state index in [-0.39, 0.29) is 6.54 Å². The number of hydrogen-bond acceptors (Lipinski definition) is 5. The number of alkyl halides is 3. The predicted molar refractivity (Wildman–Crippen MR) is 101 cm³/mol. The van der Waals surface area contributed by atoms with Gasteiger partial charge in [0.05, 0.1) is 18.1 Å². The van der Waals surface area contributed by atoms with Crippen LogP contribution in [0.5, 0.6) is 11.5 Å². The van der Waals surface area contributed by atoms with Gasteiger partial charge in [0.15, 0.2) is 23.2 Å². The van der Waals surface area contributed by atoms with Crippen molar-refractivity contribution in [2.75, 3.05) is 19.8 Å². The van der Waals surface area contributed by atoms with Gasteiger partial charge >= 0.3 is 6.18 Å². The number of fused-ring (bicyclic) bond motifs is 1. The summed E-state index contributed by atoms with van der Waals surface area (Å²) in [5.41, 5.74) is -0.0674. The highest BCUT2D eigenvalue weighted by molar-refractivity contribution is 7.09. The second-order valence-electron chi connectivity index (χ2n) is 5.77. The largest absolute Gasteiger partial charge is 0.486 e. The first-order valence-electron chi connectivity index (χ1n) is 8.48. The summed E-state index contributed by atoms with van der Waals surface area (Å²) >= 11 is 7.16. The third-order valence-electron chi connectivity index (χ3n) is 3.67. The number of hydrogen-bond donors (Lipinski definition) is 2. The lowest BCUT2D eigenvalue weighted by molar-refractivity contribution is -0.140. The van der Waals surface area contributed by atoms with E-state index in [1.807, 2.05) is 13.0 Å². The predicted octanol–water partition coefficient (Wildman–Crippen LogP) is 3.84. The molecule has 28 heavy (non-hydrogen) atoms. The average Bonchev–Trinajstić information content (AvgIpc) is 3.14. The number of aromatic nitrogens is 1. The molecule has 0 fully saturated rings. The van der Waals surface area contributed by atoms with E-state index in [0.29, 0.717) is 53.8 Å². The number of guanidine groups is 1. The molecular formula is C17H18ClF3N4O2S. The first-order chi connectivity index (χ1) is 13.4. The van der Waals surface area contributed by atoms with E-state index < -0.39 is 11.9 Å². The van der Waals surface area contributed by atoms with E-state index >= 15 is 0 Å². The highest BCUT2D eigenvalue weighted by Gasteiger charge is 2.33. The van der Waals surface area contributed by atoms with E-state index in [2.05, 4.69) is 20.6 Å². The van der Waals surface area contributed by atoms with Crippen molar-refractivity contribution < 1.29 is 22.6 Å². The highest BCUT2D eigenvalue weighted by atomic mass is 35.5. The molecule has 2 N–H and O–H groups in total. The quantitative estimate of drug-likeness (QED) is 0.553. The molecule has 152 valence electrons. The van der Waals surface area contributed by atoms with Crippen molar-refractivity contribution >= 4 is 28.9 Å². The van der Waals surface area contributed by atoms with Gasteiger partial charge in [-0.15, -0.1) is 11.3 Å². The molecule has 0 saturated heterocycles. The van der Waals surface area contributed by atoms with E-state index in [4.69, 9.17) is 21.1 Å². The van der Waals surface area contributed by atoms with Crippen LogP contribution in [0.3, 0.4) is 0 Å². The minimum Gasteiger partial charge on any atom is -0.486 e. The van der Waals surface area contributed by atoms with Crippen molar-refractivity contribution in [1.29, 1.82) is 0 Å². The SMILES string of the molecule is CCNC(=NCc1cc(Cl)c2c(c1)OCCO2)NCc1nc(C(F)(F)F)cs1. The minimum atomic E-state index is -4.44. The summed E-state index contributed by atoms with van der Waals surface area (Å²) in [5, 5.41) is 7.79. The Morgan fingerprint density at radius 3 is 2.79 bits per heavy atom. The van der Waals surface area contributed by atoms with Gasteiger partial charge in [-0.25, -0.2) is 9.98 Å². The van der Waals surface area contributed by atoms with E-state index in [1.165, 1.54) is 0 Å². The van der Waals surface area contributed by atoms with Crippen LogP contribution >= 0.6 is 22.9 Å². The lowest BCUT2D eigenvalue weighted by atomic mass is 10.2. The molecule has 0 atom stereocenters. The zero-order chi connectivity index (χ0) is 20.1. The Morgan fingerprint density at radius 1 is 1.29 bits per heavy atom. The third-order valence-corrected chi connectivity index (χ3v) is 4.80. The van der Waals surface area contributed by atoms with Crippen LogP contribution in [-0.2, 0) is 19.3 Å². The molecule has 0 saturated carbocycles. The molecule has 1 aromatic heterocycles. The fraction of sp³-hybridized carbons (Fsp3) is 0.412. The summed E-state index contributed by atoms with van der Waals surface area (Å²) < 4.78 is 48.9. The summed E-state index contributed by atoms with van der Waals surface area (Å²) in [6.07, 6.45) is -4.44. The van der Waals surface area contributed by atoms with Gasteiger partial charge in [0, 0.05) is 11.9 Å². The first kappa shape index (κ1) is 20.5. The summed E-state index contributed by atoms with van der Waals surface area (Å²) in [7, 11) is 0. The van der Waals surface area contributed by atoms with Crippen molar-refractivity contribution in [1.82, 2.24) is 15.6 Å². The lowest BCUT2D eigenvalue weighted by Gasteiger charge is -2.20. The molecule has 0 bridgehead atoms. The summed E-state index contributed by atoms with van der Waals surface area (Å²) in [5.74, 6) is 1.55. The van der Waals surface area contributed by atoms with Crippen LogP contribution in [0.1, 0.15) is 23.2 Å². The maximum atomic E-state index is 12.6. The van der Waals surface area contributed by atoms with Crippen molar-refractivity contribution in [3.63, 3.8) is 0 Å². The monoisotopic (exact) mass is 434 g/mol. The van der Waals surface area contributed by atoms with E-state index in [1.54, 1.807) is 6.07 Å². The molecular weight excluding hydrogens is 417 g/mol. The fourth-order valence-corrected chi connectivity index (χ4v) is 3.48. The molecule has 6 nitrogen and oxygen atoms in total. The topological polar surface area (TPSA) is 67.8 Å². The number of nitrogens with zero attached hydrogens (tertiary/aromatic N) is 2. The molecule has 0 aliphatic carbocycles. The molecule has 1 aliphatic heterocycles. The molecule has 0 radical (unpaired) electrons. The van der Waals surface area contributed by atoms with E-state index in [9.17, 15) is 13.2 Å². The number of rotatable bonds is 5. The van der Waals surface area contributed by atoms with Gasteiger partial charge in [0.2, 0.25) is 0 Å². The Morgan fingerprint density at radius 2 is 2.07 bits per heavy atom. The van der Waals surface area contributed by atoms with Gasteiger partial charge in [-0.05, 0) is 24.6 Å². The maximum Gasteiger partial charge on any atom is 0.434 e. The zero-order valence-corrected chi connectivity index (χ0v) is 16.5. The second kappa shape index (κ2) is 8.87. The fourth-order valence-electron chi connectivity index (χ4n) is 2.45. The molecule has 1 aromatic carbocycles. The smallest absolute Gasteiger partial charge is 0.434 e. The lowest BCUT2D eigenvalue weighted by Crippen LogP contribution is -2.36. The number of aliphatic imine (C=N–C) groups is 1. The average molecular weight is 435 g/mol. The normalized spacial score (nSPS) is 14.1. The molecule has 1 aliphatic rings. The van der Waals surface area contributed by atoms with Crippen molar-refractivity contribution in [3.8, 4) is 11.5 Å². The summed E-state index contributed by atoms with van der Waals surface area (Å²) in [6.45, 7) is 3.83. The maximum absolute atomic E-state index is 12.6. The van der Waals surface area contributed by atoms with Crippen LogP contribution < -0.4 is 20.1 Å². The van der Waals surface area contributed by atoms with Crippen molar-refractivity contribution in [2.45, 2.75) is 26.2 Å². The number of nitrogens with one attached hydrogen (secondary N) is 2. The van der Waals surface area contributed by atoms with Crippen LogP contribution in [0.15, 0.2) is 22.5 Å². The minimum absolute atomic E-state index is 0.133. The van der Waals surface area contributed by atoms with Gasteiger partial charge < -0.3 is 20.1 Å². The van der Waals surface area contributed by atoms with Crippen LogP contribution in [0, 0.1) is 0 Å². The van der Waals surface area contributed by atoms with Crippen LogP contribution in [0.4, 0.5) is 13.2 Å². The Labute approximate surface area is 168 Å². The second-order valence-corrected chi connectivity index (χ2v) is 7.12. The molecule has 2 aromatic rings. The Balaban J connectivity index is 1.66. The standard InChI is InChI=1S/C17H18ClF3N4O2S/c1-2-22-16(24-8-14-25-13(9-28-14)17(19,20)21)23-7-10-5-11(18)15-12(6-10)26-3-4-27-15/h5-6,9H,2-4,7-8H2,1H3,(H2,22,23,24). The number of benzene rings is 1. The Bertz CT molecular complexity index is 857. The molecule has 3 rings (SSSR count). The third kappa shape index (κ3) is 5.20. The van der Waals surface area contributed by atoms with Crippen LogP contribution in [-0.4, -0.2) is 30.7 Å². The number of ether oxygens (including phenoxy) is 2. The van der Waals surface area contributed by atoms with E-state index in [0.717, 1.165) is 22.3 Å². The van der Waals surface area contributed by atoms with Gasteiger partial charge in [-0.2, -0.15) is 13.2 Å². The zero-order valence-electron chi connectivity index (χ0n) is 14.9. The molecule has 2 heterocycles. The first-order valence-corrected chi connectivity index (χ1v) is 9.74. The Kier molecular flexibility index (Phi) is 6.50. The summed E-state index contributed by atoms with van der Waals surface area (Å²) in [6, 6.07) is 3.56. The van der Waals surface area contributed by atoms with Gasteiger partial charge in [-0.1, -0.05) is 11.6 Å². The molecule has 11 heteroatoms. The molecule has 0 amide bonds. The molecule has 0 spiro atoms. The summed E-state index contributed by atoms with van der Waals surface area (Å²) in [4.78, 5) is 8.03. The van der Waals surface area contributed by atoms with Crippen molar-refractivity contribution in [2.24, 2.45) is 4.99 Å². The Hall–Kier alpha value is -2.20.